The Morgan fingerprint density at radius 2 is 0.430 bits per heavy atom. The molecule has 0 heterocycles. The van der Waals surface area contributed by atoms with Crippen molar-refractivity contribution >= 4 is 0 Å². The predicted molar refractivity (Wildman–Crippen MR) is 381 cm³/mol. The SMILES string of the molecule is CC(C)CC(C)(CC(C)C)OC(C)(C)O.CC(C)CC(C)(CC(C)C)OC(C)(C)OC(C)(CC(C)C)CC(C)C.CC(C)CC(C)(CC(C)C)OO.CC(C)CC(C)(O)CC(C)C.CC(C)CC(C)CC(C)C.CC(C)CC(C)CC(C)C.O=O.[OH-]. The van der Waals surface area contributed by atoms with Crippen molar-refractivity contribution < 1.29 is 40.0 Å². The van der Waals surface area contributed by atoms with Gasteiger partial charge in [-0.1, -0.05) is 208 Å². The van der Waals surface area contributed by atoms with Gasteiger partial charge in [-0.05, 0) is 247 Å². The Bertz CT molecular complexity index is 1340. The Kier molecular flexibility index (Phi) is 59.9. The van der Waals surface area contributed by atoms with Crippen LogP contribution in [-0.4, -0.2) is 60.5 Å². The zero-order valence-corrected chi connectivity index (χ0v) is 65.9. The molecule has 0 aliphatic heterocycles. The first-order valence-electron chi connectivity index (χ1n) is 34.9. The number of hydrogen-bond acceptors (Lipinski definition) is 10. The van der Waals surface area contributed by atoms with E-state index in [4.69, 9.17) is 29.4 Å². The average molecular weight is 1240 g/mol. The van der Waals surface area contributed by atoms with Gasteiger partial charge in [0.15, 0.2) is 11.6 Å². The summed E-state index contributed by atoms with van der Waals surface area (Å²) in [5, 5.41) is 28.4. The van der Waals surface area contributed by atoms with Crippen molar-refractivity contribution in [1.82, 2.24) is 0 Å². The maximum atomic E-state index is 9.86. The standard InChI is InChI=1S/C23H48O2.C13H28O2.C10H22O2.C10H22O.2C10H22.O2.H2O/c1-17(2)13-22(11,14-18(3)4)24-21(9,10)25-23(12,15-19(5)6)16-20(7)8;1-10(2)8-13(7,9-11(3)4)15-12(5,6)14;1-8(2)6-10(5,12-11)7-9(3)4;1-8(2)6-10(5,11)7-9(3)4;2*1-8(2)6-10(5)7-9(3)4;1-2;/h17-20H,13-16H2,1-12H3;10-11,14H,8-9H2,1-7H3;8-9,11H,6-7H2,1-5H3;8-9,11H,6-7H2,1-5H3;2*8-10H,6-7H2,1-5H3;;1H2/p-1. The van der Waals surface area contributed by atoms with Crippen molar-refractivity contribution in [2.24, 2.45) is 94.7 Å². The molecule has 0 aliphatic carbocycles. The Morgan fingerprint density at radius 1 is 0.267 bits per heavy atom. The minimum atomic E-state index is -1.04. The van der Waals surface area contributed by atoms with E-state index in [0.29, 0.717) is 59.2 Å². The molecule has 0 saturated heterocycles. The molecule has 0 unspecified atom stereocenters. The largest absolute Gasteiger partial charge is 0.870 e. The van der Waals surface area contributed by atoms with E-state index in [-0.39, 0.29) is 27.9 Å². The third-order valence-corrected chi connectivity index (χ3v) is 13.6. The van der Waals surface area contributed by atoms with Crippen LogP contribution < -0.4 is 0 Å². The van der Waals surface area contributed by atoms with Crippen molar-refractivity contribution in [3.8, 4) is 0 Å². The molecule has 0 radical (unpaired) electrons. The highest BCUT2D eigenvalue weighted by Gasteiger charge is 2.40. The summed E-state index contributed by atoms with van der Waals surface area (Å²) in [6.07, 6.45) is 15.4. The second-order valence-corrected chi connectivity index (χ2v) is 35.2. The normalized spacial score (nSPS) is 13.0. The highest BCUT2D eigenvalue weighted by atomic mass is 17.1. The Balaban J connectivity index is -0.000000146. The van der Waals surface area contributed by atoms with E-state index in [1.165, 1.54) is 25.7 Å². The van der Waals surface area contributed by atoms with Gasteiger partial charge in [0.05, 0.1) is 22.4 Å². The number of aliphatic hydroxyl groups is 2. The molecule has 0 aliphatic rings. The predicted octanol–water partition coefficient (Wildman–Crippen LogP) is 24.5. The van der Waals surface area contributed by atoms with Gasteiger partial charge in [0.2, 0.25) is 0 Å². The molecule has 10 heteroatoms. The van der Waals surface area contributed by atoms with Gasteiger partial charge in [-0.15, -0.1) is 0 Å². The molecule has 0 aromatic carbocycles. The molecule has 0 spiro atoms. The third-order valence-electron chi connectivity index (χ3n) is 13.6. The van der Waals surface area contributed by atoms with Crippen LogP contribution in [0.25, 0.3) is 0 Å². The quantitative estimate of drug-likeness (QED) is 0.0316. The van der Waals surface area contributed by atoms with E-state index < -0.39 is 17.2 Å². The molecule has 0 amide bonds. The summed E-state index contributed by atoms with van der Waals surface area (Å²) >= 11 is 0. The summed E-state index contributed by atoms with van der Waals surface area (Å²) < 4.78 is 19.2. The van der Waals surface area contributed by atoms with E-state index in [1.807, 2.05) is 13.8 Å². The van der Waals surface area contributed by atoms with Crippen LogP contribution in [0.4, 0.5) is 0 Å². The topological polar surface area (TPSA) is 162 Å². The summed E-state index contributed by atoms with van der Waals surface area (Å²) in [5.74, 6) is 9.56. The van der Waals surface area contributed by atoms with Gasteiger partial charge in [-0.2, -0.15) is 0 Å². The van der Waals surface area contributed by atoms with Crippen molar-refractivity contribution in [2.45, 2.75) is 399 Å². The van der Waals surface area contributed by atoms with Crippen LogP contribution in [0.2, 0.25) is 0 Å². The summed E-state index contributed by atoms with van der Waals surface area (Å²) in [7, 11) is 0. The molecule has 0 aromatic heterocycles. The van der Waals surface area contributed by atoms with Crippen LogP contribution in [0.5, 0.6) is 0 Å². The van der Waals surface area contributed by atoms with Crippen molar-refractivity contribution in [2.75, 3.05) is 0 Å². The lowest BCUT2D eigenvalue weighted by Gasteiger charge is -2.45. The summed E-state index contributed by atoms with van der Waals surface area (Å²) in [5.41, 5.74) is -1.34. The van der Waals surface area contributed by atoms with Gasteiger partial charge in [-0.3, -0.25) is 5.26 Å². The van der Waals surface area contributed by atoms with Crippen molar-refractivity contribution in [1.29, 1.82) is 0 Å². The van der Waals surface area contributed by atoms with E-state index >= 15 is 0 Å². The highest BCUT2D eigenvalue weighted by Crippen LogP contribution is 2.39. The smallest absolute Gasteiger partial charge is 0.164 e. The zero-order chi connectivity index (χ0) is 69.5. The monoisotopic (exact) mass is 1240 g/mol. The lowest BCUT2D eigenvalue weighted by Crippen LogP contribution is -2.48. The van der Waals surface area contributed by atoms with Crippen molar-refractivity contribution in [3.05, 3.63) is 9.93 Å². The molecule has 86 heavy (non-hydrogen) atoms. The van der Waals surface area contributed by atoms with Crippen LogP contribution in [0.1, 0.15) is 360 Å². The summed E-state index contributed by atoms with van der Waals surface area (Å²) in [6.45, 7) is 85.4. The second kappa shape index (κ2) is 50.8. The van der Waals surface area contributed by atoms with Crippen LogP contribution in [-0.2, 0) is 19.1 Å². The Labute approximate surface area is 541 Å². The number of ether oxygens (including phenoxy) is 3. The van der Waals surface area contributed by atoms with Gasteiger partial charge in [-0.25, -0.2) is 4.89 Å². The fourth-order valence-electron chi connectivity index (χ4n) is 14.6. The van der Waals surface area contributed by atoms with E-state index in [0.717, 1.165) is 99.7 Å². The van der Waals surface area contributed by atoms with Crippen LogP contribution >= 0.6 is 0 Å². The maximum absolute atomic E-state index is 9.86. The molecule has 0 atom stereocenters. The molecule has 0 aromatic rings. The molecule has 4 N–H and O–H groups in total. The molecule has 0 fully saturated rings. The maximum Gasteiger partial charge on any atom is 0.164 e. The number of rotatable bonds is 35. The number of hydrogen-bond donors (Lipinski definition) is 3. The van der Waals surface area contributed by atoms with Gasteiger partial charge >= 0.3 is 0 Å². The van der Waals surface area contributed by atoms with Gasteiger partial charge < -0.3 is 29.9 Å². The molecule has 0 saturated carbocycles. The molecule has 10 nitrogen and oxygen atoms in total. The van der Waals surface area contributed by atoms with Gasteiger partial charge in [0.25, 0.3) is 0 Å². The Morgan fingerprint density at radius 3 is 0.570 bits per heavy atom. The average Bonchev–Trinajstić information content (AvgIpc) is 3.16. The fraction of sp³-hybridized carbons (Fsp3) is 1.00. The first-order valence-corrected chi connectivity index (χ1v) is 34.9. The highest BCUT2D eigenvalue weighted by molar-refractivity contribution is 4.85. The molecular formula is C76H165O10-. The second-order valence-electron chi connectivity index (χ2n) is 35.2. The minimum Gasteiger partial charge on any atom is -0.870 e. The van der Waals surface area contributed by atoms with E-state index in [1.54, 1.807) is 13.8 Å². The van der Waals surface area contributed by atoms with Gasteiger partial charge in [0.1, 0.15) is 5.60 Å². The molecule has 0 bridgehead atoms. The molecular weight excluding hydrogens is 1070 g/mol. The van der Waals surface area contributed by atoms with Crippen LogP contribution in [0, 0.1) is 105 Å². The molecule has 0 rings (SSSR count). The summed E-state index contributed by atoms with van der Waals surface area (Å²) in [6, 6.07) is 0. The first kappa shape index (κ1) is 101. The summed E-state index contributed by atoms with van der Waals surface area (Å²) in [4.78, 5) is 18.6. The lowest BCUT2D eigenvalue weighted by molar-refractivity contribution is -0.325. The van der Waals surface area contributed by atoms with E-state index in [2.05, 4.69) is 247 Å². The van der Waals surface area contributed by atoms with Crippen LogP contribution in [0.15, 0.2) is 0 Å². The Hall–Kier alpha value is -0.720. The lowest BCUT2D eigenvalue weighted by atomic mass is 9.85. The van der Waals surface area contributed by atoms with Crippen LogP contribution in [0.3, 0.4) is 0 Å². The van der Waals surface area contributed by atoms with Crippen molar-refractivity contribution in [3.63, 3.8) is 0 Å². The minimum absolute atomic E-state index is 0. The van der Waals surface area contributed by atoms with Gasteiger partial charge in [0, 0.05) is 9.93 Å². The van der Waals surface area contributed by atoms with E-state index in [9.17, 15) is 10.2 Å². The fourth-order valence-corrected chi connectivity index (χ4v) is 14.6. The molecule has 530 valence electrons. The zero-order valence-electron chi connectivity index (χ0n) is 65.9. The third kappa shape index (κ3) is 75.7. The first-order chi connectivity index (χ1) is 37.9.